The third kappa shape index (κ3) is 3.81. The lowest BCUT2D eigenvalue weighted by Gasteiger charge is -2.08. The summed E-state index contributed by atoms with van der Waals surface area (Å²) in [7, 11) is -3.82. The van der Waals surface area contributed by atoms with E-state index >= 15 is 0 Å². The van der Waals surface area contributed by atoms with E-state index in [0.29, 0.717) is 16.3 Å². The highest BCUT2D eigenvalue weighted by molar-refractivity contribution is 7.89. The first-order valence-electron chi connectivity index (χ1n) is 5.98. The second kappa shape index (κ2) is 5.85. The van der Waals surface area contributed by atoms with Crippen LogP contribution >= 0.6 is 11.6 Å². The van der Waals surface area contributed by atoms with Crippen LogP contribution in [0.5, 0.6) is 0 Å². The van der Waals surface area contributed by atoms with Gasteiger partial charge in [-0.15, -0.1) is 0 Å². The number of hydrogen-bond acceptors (Lipinski definition) is 3. The second-order valence-corrected chi connectivity index (χ2v) is 6.48. The van der Waals surface area contributed by atoms with Crippen molar-refractivity contribution in [2.24, 2.45) is 5.14 Å². The van der Waals surface area contributed by atoms with Crippen molar-refractivity contribution >= 4 is 33.2 Å². The minimum atomic E-state index is -3.82. The lowest BCUT2D eigenvalue weighted by atomic mass is 10.1. The van der Waals surface area contributed by atoms with Gasteiger partial charge in [-0.25, -0.2) is 13.6 Å². The van der Waals surface area contributed by atoms with Gasteiger partial charge < -0.3 is 5.32 Å². The third-order valence-electron chi connectivity index (χ3n) is 2.79. The smallest absolute Gasteiger partial charge is 0.257 e. The van der Waals surface area contributed by atoms with Gasteiger partial charge in [-0.2, -0.15) is 0 Å². The molecule has 21 heavy (non-hydrogen) atoms. The molecule has 0 atom stereocenters. The van der Waals surface area contributed by atoms with Crippen molar-refractivity contribution in [2.45, 2.75) is 11.8 Å². The summed E-state index contributed by atoms with van der Waals surface area (Å²) >= 11 is 6.02. The molecule has 0 saturated carbocycles. The van der Waals surface area contributed by atoms with E-state index < -0.39 is 15.9 Å². The number of carbonyl (C=O) groups is 1. The molecule has 3 N–H and O–H groups in total. The van der Waals surface area contributed by atoms with Crippen molar-refractivity contribution in [3.05, 3.63) is 58.6 Å². The predicted molar refractivity (Wildman–Crippen MR) is 82.0 cm³/mol. The number of aryl methyl sites for hydroxylation is 1. The van der Waals surface area contributed by atoms with Crippen molar-refractivity contribution in [2.75, 3.05) is 5.32 Å². The van der Waals surface area contributed by atoms with Gasteiger partial charge in [-0.3, -0.25) is 4.79 Å². The highest BCUT2D eigenvalue weighted by atomic mass is 35.5. The Morgan fingerprint density at radius 2 is 1.90 bits per heavy atom. The van der Waals surface area contributed by atoms with Crippen LogP contribution in [0.3, 0.4) is 0 Å². The van der Waals surface area contributed by atoms with Gasteiger partial charge in [0.25, 0.3) is 5.91 Å². The number of halogens is 1. The Kier molecular flexibility index (Phi) is 4.32. The summed E-state index contributed by atoms with van der Waals surface area (Å²) in [5.41, 5.74) is 1.57. The van der Waals surface area contributed by atoms with E-state index in [0.717, 1.165) is 5.56 Å². The Bertz CT molecular complexity index is 804. The van der Waals surface area contributed by atoms with E-state index in [1.165, 1.54) is 18.2 Å². The van der Waals surface area contributed by atoms with Crippen LogP contribution in [0.25, 0.3) is 0 Å². The molecule has 1 amide bonds. The van der Waals surface area contributed by atoms with E-state index in [1.807, 2.05) is 6.92 Å². The minimum Gasteiger partial charge on any atom is -0.322 e. The highest BCUT2D eigenvalue weighted by Crippen LogP contribution is 2.20. The van der Waals surface area contributed by atoms with Gasteiger partial charge in [-0.05, 0) is 42.8 Å². The maximum Gasteiger partial charge on any atom is 0.257 e. The van der Waals surface area contributed by atoms with Crippen molar-refractivity contribution in [1.82, 2.24) is 0 Å². The van der Waals surface area contributed by atoms with Crippen LogP contribution in [-0.4, -0.2) is 14.3 Å². The molecule has 0 radical (unpaired) electrons. The van der Waals surface area contributed by atoms with Crippen LogP contribution in [0, 0.1) is 6.92 Å². The van der Waals surface area contributed by atoms with Crippen LogP contribution in [0.15, 0.2) is 47.4 Å². The topological polar surface area (TPSA) is 89.3 Å². The van der Waals surface area contributed by atoms with Crippen LogP contribution in [0.1, 0.15) is 15.9 Å². The van der Waals surface area contributed by atoms with E-state index in [4.69, 9.17) is 16.7 Å². The monoisotopic (exact) mass is 324 g/mol. The number of hydrogen-bond donors (Lipinski definition) is 2. The fraction of sp³-hybridized carbons (Fsp3) is 0.0714. The normalized spacial score (nSPS) is 11.2. The Morgan fingerprint density at radius 1 is 1.19 bits per heavy atom. The fourth-order valence-electron chi connectivity index (χ4n) is 1.75. The summed E-state index contributed by atoms with van der Waals surface area (Å²) in [5, 5.41) is 7.96. The Labute approximate surface area is 127 Å². The van der Waals surface area contributed by atoms with Gasteiger partial charge in [0.2, 0.25) is 10.0 Å². The van der Waals surface area contributed by atoms with Gasteiger partial charge in [0.05, 0.1) is 15.5 Å². The lowest BCUT2D eigenvalue weighted by molar-refractivity contribution is 0.102. The molecule has 0 aromatic heterocycles. The largest absolute Gasteiger partial charge is 0.322 e. The first-order valence-corrected chi connectivity index (χ1v) is 7.90. The average molecular weight is 325 g/mol. The number of nitrogens with one attached hydrogen (secondary N) is 1. The molecule has 7 heteroatoms. The number of nitrogens with two attached hydrogens (primary N) is 1. The van der Waals surface area contributed by atoms with Gasteiger partial charge in [0, 0.05) is 5.69 Å². The molecule has 110 valence electrons. The molecule has 0 heterocycles. The van der Waals surface area contributed by atoms with E-state index in [9.17, 15) is 13.2 Å². The third-order valence-corrected chi connectivity index (χ3v) is 4.01. The molecule has 0 spiro atoms. The van der Waals surface area contributed by atoms with Crippen LogP contribution in [0.4, 0.5) is 5.69 Å². The summed E-state index contributed by atoms with van der Waals surface area (Å²) < 4.78 is 22.6. The molecule has 5 nitrogen and oxygen atoms in total. The van der Waals surface area contributed by atoms with Crippen LogP contribution in [0.2, 0.25) is 5.02 Å². The first-order chi connectivity index (χ1) is 9.77. The number of anilines is 1. The molecule has 0 fully saturated rings. The fourth-order valence-corrected chi connectivity index (χ4v) is 2.63. The number of amides is 1. The molecular weight excluding hydrogens is 312 g/mol. The van der Waals surface area contributed by atoms with E-state index in [-0.39, 0.29) is 4.90 Å². The highest BCUT2D eigenvalue weighted by Gasteiger charge is 2.12. The van der Waals surface area contributed by atoms with Crippen molar-refractivity contribution in [3.63, 3.8) is 0 Å². The predicted octanol–water partition coefficient (Wildman–Crippen LogP) is 2.55. The second-order valence-electron chi connectivity index (χ2n) is 4.51. The molecule has 2 aromatic rings. The standard InChI is InChI=1S/C14H13ClN2O3S/c1-9-5-6-12(13(15)7-9)14(18)17-10-3-2-4-11(8-10)21(16,19)20/h2-8H,1H3,(H,17,18)(H2,16,19,20). The molecule has 2 aromatic carbocycles. The maximum absolute atomic E-state index is 12.1. The van der Waals surface area contributed by atoms with Crippen LogP contribution in [-0.2, 0) is 10.0 Å². The first kappa shape index (κ1) is 15.5. The Balaban J connectivity index is 2.28. The Hall–Kier alpha value is -1.89. The molecule has 2 rings (SSSR count). The molecule has 0 bridgehead atoms. The number of sulfonamides is 1. The molecule has 0 unspecified atom stereocenters. The van der Waals surface area contributed by atoms with Crippen molar-refractivity contribution < 1.29 is 13.2 Å². The van der Waals surface area contributed by atoms with E-state index in [1.54, 1.807) is 24.3 Å². The SMILES string of the molecule is Cc1ccc(C(=O)Nc2cccc(S(N)(=O)=O)c2)c(Cl)c1. The van der Waals surface area contributed by atoms with Gasteiger partial charge in [-0.1, -0.05) is 23.7 Å². The summed E-state index contributed by atoms with van der Waals surface area (Å²) in [4.78, 5) is 12.1. The number of carbonyl (C=O) groups excluding carboxylic acids is 1. The van der Waals surface area contributed by atoms with Gasteiger partial charge in [0.1, 0.15) is 0 Å². The minimum absolute atomic E-state index is 0.0738. The molecule has 0 aliphatic rings. The summed E-state index contributed by atoms with van der Waals surface area (Å²) in [6.07, 6.45) is 0. The molecular formula is C14H13ClN2O3S. The zero-order chi connectivity index (χ0) is 15.6. The van der Waals surface area contributed by atoms with Crippen LogP contribution < -0.4 is 10.5 Å². The summed E-state index contributed by atoms with van der Waals surface area (Å²) in [5.74, 6) is -0.424. The number of benzene rings is 2. The lowest BCUT2D eigenvalue weighted by Crippen LogP contribution is -2.15. The van der Waals surface area contributed by atoms with E-state index in [2.05, 4.69) is 5.32 Å². The maximum atomic E-state index is 12.1. The zero-order valence-electron chi connectivity index (χ0n) is 11.1. The average Bonchev–Trinajstić information content (AvgIpc) is 2.37. The summed E-state index contributed by atoms with van der Waals surface area (Å²) in [6, 6.07) is 10.7. The number of rotatable bonds is 3. The number of primary sulfonamides is 1. The summed E-state index contributed by atoms with van der Waals surface area (Å²) in [6.45, 7) is 1.86. The zero-order valence-corrected chi connectivity index (χ0v) is 12.7. The van der Waals surface area contributed by atoms with Crippen molar-refractivity contribution in [1.29, 1.82) is 0 Å². The van der Waals surface area contributed by atoms with Crippen molar-refractivity contribution in [3.8, 4) is 0 Å². The van der Waals surface area contributed by atoms with Gasteiger partial charge >= 0.3 is 0 Å². The molecule has 0 saturated heterocycles. The quantitative estimate of drug-likeness (QED) is 0.909. The Morgan fingerprint density at radius 3 is 2.52 bits per heavy atom. The van der Waals surface area contributed by atoms with Gasteiger partial charge in [0.15, 0.2) is 0 Å². The molecule has 0 aliphatic heterocycles. The molecule has 0 aliphatic carbocycles.